The number of hydrogen-bond donors (Lipinski definition) is 2. The maximum atomic E-state index is 14.1. The molecule has 0 radical (unpaired) electrons. The number of halogens is 3. The number of anilines is 1. The van der Waals surface area contributed by atoms with Crippen molar-refractivity contribution in [2.45, 2.75) is 64.2 Å². The SMILES string of the molecule is CCc1c(N2CCN(C(=O)c3ncnc(C)c3O)CC2)c(=O)n2nc(C3=CCOCC3)nc2n1CC(=O)NC12CC(C(F)(F)F)(C1)C2. The number of ether oxygens (including phenoxy) is 1. The average molecular weight is 658 g/mol. The summed E-state index contributed by atoms with van der Waals surface area (Å²) in [5.74, 6) is -0.730. The fourth-order valence-electron chi connectivity index (χ4n) is 7.40. The van der Waals surface area contributed by atoms with E-state index in [1.165, 1.54) is 15.7 Å². The maximum Gasteiger partial charge on any atom is 0.394 e. The van der Waals surface area contributed by atoms with Gasteiger partial charge in [-0.05, 0) is 44.6 Å². The van der Waals surface area contributed by atoms with Crippen molar-refractivity contribution >= 4 is 28.9 Å². The van der Waals surface area contributed by atoms with Crippen molar-refractivity contribution in [3.05, 3.63) is 45.7 Å². The zero-order valence-corrected chi connectivity index (χ0v) is 25.9. The lowest BCUT2D eigenvalue weighted by Crippen LogP contribution is -2.78. The second-order valence-corrected chi connectivity index (χ2v) is 12.8. The molecule has 0 atom stereocenters. The Morgan fingerprint density at radius 2 is 1.85 bits per heavy atom. The van der Waals surface area contributed by atoms with Crippen LogP contribution < -0.4 is 15.8 Å². The summed E-state index contributed by atoms with van der Waals surface area (Å²) in [7, 11) is 0. The van der Waals surface area contributed by atoms with Gasteiger partial charge in [-0.15, -0.1) is 5.10 Å². The Hall–Kier alpha value is -4.54. The lowest BCUT2D eigenvalue weighted by atomic mass is 9.39. The molecule has 0 spiro atoms. The number of nitrogens with zero attached hydrogens (tertiary/aromatic N) is 8. The highest BCUT2D eigenvalue weighted by atomic mass is 19.4. The molecule has 1 saturated heterocycles. The van der Waals surface area contributed by atoms with Crippen LogP contribution in [0.5, 0.6) is 5.75 Å². The van der Waals surface area contributed by atoms with Crippen molar-refractivity contribution in [1.29, 1.82) is 0 Å². The molecule has 2 amide bonds. The highest BCUT2D eigenvalue weighted by molar-refractivity contribution is 5.95. The molecule has 5 aliphatic rings. The molecule has 0 unspecified atom stereocenters. The van der Waals surface area contributed by atoms with Gasteiger partial charge in [-0.25, -0.2) is 9.97 Å². The van der Waals surface area contributed by atoms with Crippen molar-refractivity contribution < 1.29 is 32.6 Å². The lowest BCUT2D eigenvalue weighted by molar-refractivity contribution is -0.337. The molecule has 8 rings (SSSR count). The maximum absolute atomic E-state index is 14.1. The van der Waals surface area contributed by atoms with Crippen LogP contribution in [0.1, 0.15) is 60.3 Å². The molecule has 17 heteroatoms. The van der Waals surface area contributed by atoms with Gasteiger partial charge in [0.25, 0.3) is 11.5 Å². The number of aromatic hydroxyl groups is 1. The van der Waals surface area contributed by atoms with Crippen molar-refractivity contribution in [2.24, 2.45) is 5.41 Å². The van der Waals surface area contributed by atoms with E-state index in [1.807, 2.05) is 17.9 Å². The first-order valence-corrected chi connectivity index (χ1v) is 15.6. The second kappa shape index (κ2) is 11.0. The molecule has 2 aliphatic heterocycles. The molecule has 47 heavy (non-hydrogen) atoms. The van der Waals surface area contributed by atoms with Crippen LogP contribution in [0.3, 0.4) is 0 Å². The van der Waals surface area contributed by atoms with Crippen LogP contribution in [0.25, 0.3) is 11.4 Å². The van der Waals surface area contributed by atoms with Crippen molar-refractivity contribution in [3.8, 4) is 5.75 Å². The van der Waals surface area contributed by atoms with Crippen LogP contribution >= 0.6 is 0 Å². The van der Waals surface area contributed by atoms with Gasteiger partial charge >= 0.3 is 6.18 Å². The van der Waals surface area contributed by atoms with Crippen molar-refractivity contribution in [3.63, 3.8) is 0 Å². The Bertz CT molecular complexity index is 1860. The fraction of sp³-hybridized carbons (Fsp3) is 0.567. The molecule has 2 bridgehead atoms. The number of carbonyl (C=O) groups is 2. The highest BCUT2D eigenvalue weighted by Crippen LogP contribution is 2.73. The minimum Gasteiger partial charge on any atom is -0.504 e. The Labute approximate surface area is 266 Å². The van der Waals surface area contributed by atoms with Gasteiger partial charge < -0.3 is 29.5 Å². The smallest absolute Gasteiger partial charge is 0.394 e. The molecule has 3 aliphatic carbocycles. The molecular weight excluding hydrogens is 623 g/mol. The van der Waals surface area contributed by atoms with Crippen LogP contribution in [-0.2, 0) is 22.5 Å². The molecular formula is C30H34F3N9O5. The van der Waals surface area contributed by atoms with Crippen LogP contribution in [0.2, 0.25) is 0 Å². The van der Waals surface area contributed by atoms with Gasteiger partial charge in [-0.1, -0.05) is 13.0 Å². The first-order valence-electron chi connectivity index (χ1n) is 15.6. The van der Waals surface area contributed by atoms with Gasteiger partial charge in [-0.3, -0.25) is 14.4 Å². The van der Waals surface area contributed by atoms with Gasteiger partial charge in [0, 0.05) is 31.7 Å². The van der Waals surface area contributed by atoms with E-state index < -0.39 is 34.5 Å². The molecule has 0 aromatic carbocycles. The summed E-state index contributed by atoms with van der Waals surface area (Å²) in [6, 6.07) is 0. The third kappa shape index (κ3) is 5.01. The average Bonchev–Trinajstić information content (AvgIpc) is 3.47. The van der Waals surface area contributed by atoms with E-state index in [4.69, 9.17) is 4.74 Å². The number of hydrogen-bond acceptors (Lipinski definition) is 10. The third-order valence-electron chi connectivity index (χ3n) is 9.84. The van der Waals surface area contributed by atoms with E-state index in [9.17, 15) is 32.7 Å². The van der Waals surface area contributed by atoms with Gasteiger partial charge in [0.1, 0.15) is 18.6 Å². The molecule has 3 saturated carbocycles. The summed E-state index contributed by atoms with van der Waals surface area (Å²) in [5, 5.41) is 17.7. The van der Waals surface area contributed by atoms with Crippen LogP contribution in [-0.4, -0.2) is 102 Å². The molecule has 14 nitrogen and oxygen atoms in total. The summed E-state index contributed by atoms with van der Waals surface area (Å²) >= 11 is 0. The first-order chi connectivity index (χ1) is 22.4. The Morgan fingerprint density at radius 3 is 2.49 bits per heavy atom. The number of piperazine rings is 1. The summed E-state index contributed by atoms with van der Waals surface area (Å²) in [5.41, 5.74) is -1.21. The third-order valence-corrected chi connectivity index (χ3v) is 9.84. The Morgan fingerprint density at radius 1 is 1.13 bits per heavy atom. The van der Waals surface area contributed by atoms with Gasteiger partial charge in [-0.2, -0.15) is 22.7 Å². The standard InChI is InChI=1S/C30H34F3N9O5/c1-3-19-22(39-6-8-40(9-7-39)25(45)21-23(44)17(2)34-16-35-21)26(46)42-27(36-24(38-42)18-4-10-47-11-5-18)41(19)12-20(43)37-29-13-28(14-29,15-29)30(31,32)33/h4,16,44H,3,5-15H2,1-2H3,(H,37,43). The molecule has 4 fully saturated rings. The first kappa shape index (κ1) is 31.1. The fourth-order valence-corrected chi connectivity index (χ4v) is 7.40. The van der Waals surface area contributed by atoms with E-state index in [-0.39, 0.29) is 74.9 Å². The normalized spacial score (nSPS) is 24.1. The molecule has 2 N–H and O–H groups in total. The Kier molecular flexibility index (Phi) is 7.29. The number of carbonyl (C=O) groups excluding carboxylic acids is 2. The number of aromatic nitrogens is 6. The number of aryl methyl sites for hydroxylation is 1. The van der Waals surface area contributed by atoms with E-state index >= 15 is 0 Å². The van der Waals surface area contributed by atoms with Crippen molar-refractivity contribution in [2.75, 3.05) is 44.3 Å². The van der Waals surface area contributed by atoms with E-state index in [0.29, 0.717) is 43.3 Å². The Balaban J connectivity index is 1.20. The summed E-state index contributed by atoms with van der Waals surface area (Å²) < 4.78 is 48.5. The number of rotatable bonds is 7. The zero-order valence-electron chi connectivity index (χ0n) is 25.9. The quantitative estimate of drug-likeness (QED) is 0.382. The van der Waals surface area contributed by atoms with Crippen LogP contribution in [0.4, 0.5) is 18.9 Å². The molecule has 5 heterocycles. The van der Waals surface area contributed by atoms with E-state index in [1.54, 1.807) is 11.5 Å². The second-order valence-electron chi connectivity index (χ2n) is 12.8. The van der Waals surface area contributed by atoms with E-state index in [0.717, 1.165) is 5.57 Å². The highest BCUT2D eigenvalue weighted by Gasteiger charge is 2.78. The lowest BCUT2D eigenvalue weighted by Gasteiger charge is -2.70. The molecule has 250 valence electrons. The monoisotopic (exact) mass is 657 g/mol. The molecule has 3 aromatic rings. The number of alkyl halides is 3. The van der Waals surface area contributed by atoms with E-state index in [2.05, 4.69) is 25.4 Å². The summed E-state index contributed by atoms with van der Waals surface area (Å²) in [6.45, 7) is 4.97. The summed E-state index contributed by atoms with van der Waals surface area (Å²) in [4.78, 5) is 56.6. The zero-order chi connectivity index (χ0) is 33.3. The predicted octanol–water partition coefficient (Wildman–Crippen LogP) is 1.62. The largest absolute Gasteiger partial charge is 0.504 e. The van der Waals surface area contributed by atoms with Crippen LogP contribution in [0.15, 0.2) is 17.2 Å². The molecule has 3 aromatic heterocycles. The predicted molar refractivity (Wildman–Crippen MR) is 160 cm³/mol. The van der Waals surface area contributed by atoms with Gasteiger partial charge in [0.15, 0.2) is 17.3 Å². The number of amides is 2. The minimum atomic E-state index is -4.30. The number of fused-ring (bicyclic) bond motifs is 1. The summed E-state index contributed by atoms with van der Waals surface area (Å²) in [6.07, 6.45) is -0.778. The van der Waals surface area contributed by atoms with Crippen LogP contribution in [0, 0.1) is 12.3 Å². The number of nitrogens with one attached hydrogen (secondary N) is 1. The topological polar surface area (TPSA) is 160 Å². The van der Waals surface area contributed by atoms with Gasteiger partial charge in [0.05, 0.1) is 30.0 Å². The van der Waals surface area contributed by atoms with Crippen molar-refractivity contribution in [1.82, 2.24) is 39.3 Å². The minimum absolute atomic E-state index is 0.0996. The van der Waals surface area contributed by atoms with Gasteiger partial charge in [0.2, 0.25) is 11.7 Å².